The molecule has 0 bridgehead atoms. The Bertz CT molecular complexity index is 372. The Morgan fingerprint density at radius 2 is 2.22 bits per heavy atom. The fourth-order valence-electron chi connectivity index (χ4n) is 2.85. The molecule has 0 fully saturated rings. The number of nitrogens with two attached hydrogens (primary N) is 1. The zero-order chi connectivity index (χ0) is 13.0. The van der Waals surface area contributed by atoms with E-state index in [0.717, 1.165) is 44.2 Å². The summed E-state index contributed by atoms with van der Waals surface area (Å²) < 4.78 is 2.34. The van der Waals surface area contributed by atoms with Crippen LogP contribution in [0.4, 0.5) is 0 Å². The van der Waals surface area contributed by atoms with E-state index in [1.807, 2.05) is 0 Å². The fourth-order valence-corrected chi connectivity index (χ4v) is 2.85. The van der Waals surface area contributed by atoms with Crippen molar-refractivity contribution in [2.24, 2.45) is 17.6 Å². The van der Waals surface area contributed by atoms with E-state index in [0.29, 0.717) is 0 Å². The Balaban J connectivity index is 1.94. The van der Waals surface area contributed by atoms with E-state index >= 15 is 0 Å². The van der Waals surface area contributed by atoms with Gasteiger partial charge in [0.2, 0.25) is 0 Å². The maximum atomic E-state index is 5.65. The summed E-state index contributed by atoms with van der Waals surface area (Å²) in [6.45, 7) is 6.45. The molecular formula is C14H26N4. The van der Waals surface area contributed by atoms with Gasteiger partial charge in [0.1, 0.15) is 11.6 Å². The molecule has 18 heavy (non-hydrogen) atoms. The van der Waals surface area contributed by atoms with Crippen LogP contribution in [0.5, 0.6) is 0 Å². The van der Waals surface area contributed by atoms with Crippen molar-refractivity contribution in [3.8, 4) is 0 Å². The molecule has 0 radical (unpaired) electrons. The third kappa shape index (κ3) is 3.10. The van der Waals surface area contributed by atoms with Gasteiger partial charge in [-0.05, 0) is 37.6 Å². The molecular weight excluding hydrogens is 224 g/mol. The van der Waals surface area contributed by atoms with Crippen LogP contribution in [0.1, 0.15) is 51.2 Å². The standard InChI is InChI=1S/C14H26N4/c1-3-12(6-8-15)4-5-13-16-17-14-10-11(2)7-9-18(13)14/h11-12H,3-10,15H2,1-2H3. The second-order valence-electron chi connectivity index (χ2n) is 5.67. The molecule has 1 aliphatic rings. The van der Waals surface area contributed by atoms with Crippen LogP contribution >= 0.6 is 0 Å². The zero-order valence-electron chi connectivity index (χ0n) is 11.7. The van der Waals surface area contributed by atoms with Gasteiger partial charge in [-0.25, -0.2) is 0 Å². The lowest BCUT2D eigenvalue weighted by atomic mass is 9.96. The Morgan fingerprint density at radius 3 is 2.94 bits per heavy atom. The van der Waals surface area contributed by atoms with Crippen molar-refractivity contribution in [1.29, 1.82) is 0 Å². The van der Waals surface area contributed by atoms with Gasteiger partial charge in [-0.3, -0.25) is 0 Å². The molecule has 1 aromatic heterocycles. The molecule has 1 aliphatic heterocycles. The summed E-state index contributed by atoms with van der Waals surface area (Å²) in [6, 6.07) is 0. The topological polar surface area (TPSA) is 56.7 Å². The van der Waals surface area contributed by atoms with Crippen molar-refractivity contribution in [3.05, 3.63) is 11.6 Å². The largest absolute Gasteiger partial charge is 0.330 e. The number of hydrogen-bond acceptors (Lipinski definition) is 3. The average Bonchev–Trinajstić information content (AvgIpc) is 2.76. The first-order chi connectivity index (χ1) is 8.74. The lowest BCUT2D eigenvalue weighted by molar-refractivity contribution is 0.392. The number of fused-ring (bicyclic) bond motifs is 1. The van der Waals surface area contributed by atoms with E-state index in [2.05, 4.69) is 28.6 Å². The summed E-state index contributed by atoms with van der Waals surface area (Å²) in [7, 11) is 0. The van der Waals surface area contributed by atoms with Gasteiger partial charge in [0, 0.05) is 19.4 Å². The van der Waals surface area contributed by atoms with Crippen LogP contribution in [0.2, 0.25) is 0 Å². The number of aryl methyl sites for hydroxylation is 1. The molecule has 0 saturated heterocycles. The summed E-state index contributed by atoms with van der Waals surface area (Å²) in [6.07, 6.45) is 6.95. The molecule has 4 heteroatoms. The van der Waals surface area contributed by atoms with Gasteiger partial charge < -0.3 is 10.3 Å². The van der Waals surface area contributed by atoms with Crippen molar-refractivity contribution in [3.63, 3.8) is 0 Å². The smallest absolute Gasteiger partial charge is 0.133 e. The first-order valence-electron chi connectivity index (χ1n) is 7.35. The van der Waals surface area contributed by atoms with Gasteiger partial charge in [0.25, 0.3) is 0 Å². The van der Waals surface area contributed by atoms with Crippen molar-refractivity contribution in [1.82, 2.24) is 14.8 Å². The van der Waals surface area contributed by atoms with E-state index in [9.17, 15) is 0 Å². The average molecular weight is 250 g/mol. The van der Waals surface area contributed by atoms with Gasteiger partial charge in [-0.15, -0.1) is 10.2 Å². The molecule has 2 atom stereocenters. The van der Waals surface area contributed by atoms with E-state index in [1.54, 1.807) is 0 Å². The number of rotatable bonds is 6. The Morgan fingerprint density at radius 1 is 1.39 bits per heavy atom. The number of hydrogen-bond donors (Lipinski definition) is 1. The highest BCUT2D eigenvalue weighted by Gasteiger charge is 2.20. The molecule has 0 aliphatic carbocycles. The molecule has 4 nitrogen and oxygen atoms in total. The summed E-state index contributed by atoms with van der Waals surface area (Å²) in [5, 5.41) is 8.73. The van der Waals surface area contributed by atoms with Crippen LogP contribution < -0.4 is 5.73 Å². The summed E-state index contributed by atoms with van der Waals surface area (Å²) in [5.74, 6) is 3.88. The molecule has 2 unspecified atom stereocenters. The minimum absolute atomic E-state index is 0.741. The maximum absolute atomic E-state index is 5.65. The van der Waals surface area contributed by atoms with Gasteiger partial charge >= 0.3 is 0 Å². The monoisotopic (exact) mass is 250 g/mol. The van der Waals surface area contributed by atoms with Crippen molar-refractivity contribution >= 4 is 0 Å². The van der Waals surface area contributed by atoms with Crippen LogP contribution in [0.15, 0.2) is 0 Å². The quantitative estimate of drug-likeness (QED) is 0.842. The second kappa shape index (κ2) is 6.32. The predicted octanol–water partition coefficient (Wildman–Crippen LogP) is 2.17. The van der Waals surface area contributed by atoms with E-state index in [-0.39, 0.29) is 0 Å². The third-order valence-corrected chi connectivity index (χ3v) is 4.21. The van der Waals surface area contributed by atoms with Crippen molar-refractivity contribution in [2.45, 2.75) is 58.9 Å². The first kappa shape index (κ1) is 13.5. The lowest BCUT2D eigenvalue weighted by Gasteiger charge is -2.20. The van der Waals surface area contributed by atoms with E-state index < -0.39 is 0 Å². The van der Waals surface area contributed by atoms with Crippen LogP contribution in [-0.2, 0) is 19.4 Å². The highest BCUT2D eigenvalue weighted by Crippen LogP contribution is 2.21. The highest BCUT2D eigenvalue weighted by molar-refractivity contribution is 5.00. The van der Waals surface area contributed by atoms with Crippen LogP contribution in [0, 0.1) is 11.8 Å². The highest BCUT2D eigenvalue weighted by atomic mass is 15.3. The minimum Gasteiger partial charge on any atom is -0.330 e. The molecule has 2 rings (SSSR count). The normalized spacial score (nSPS) is 20.7. The maximum Gasteiger partial charge on any atom is 0.133 e. The zero-order valence-corrected chi connectivity index (χ0v) is 11.7. The SMILES string of the molecule is CCC(CCN)CCc1nnc2n1CCC(C)C2. The van der Waals surface area contributed by atoms with Crippen LogP contribution in [0.3, 0.4) is 0 Å². The molecule has 2 N–H and O–H groups in total. The van der Waals surface area contributed by atoms with Gasteiger partial charge in [0.15, 0.2) is 0 Å². The molecule has 0 amide bonds. The Kier molecular flexibility index (Phi) is 4.75. The molecule has 0 aromatic carbocycles. The summed E-state index contributed by atoms with van der Waals surface area (Å²) in [5.41, 5.74) is 5.65. The number of nitrogens with zero attached hydrogens (tertiary/aromatic N) is 3. The molecule has 0 saturated carbocycles. The van der Waals surface area contributed by atoms with Gasteiger partial charge in [-0.2, -0.15) is 0 Å². The first-order valence-corrected chi connectivity index (χ1v) is 7.35. The third-order valence-electron chi connectivity index (χ3n) is 4.21. The van der Waals surface area contributed by atoms with Gasteiger partial charge in [-0.1, -0.05) is 20.3 Å². The lowest BCUT2D eigenvalue weighted by Crippen LogP contribution is -2.19. The minimum atomic E-state index is 0.741. The molecule has 0 spiro atoms. The van der Waals surface area contributed by atoms with Crippen LogP contribution in [0.25, 0.3) is 0 Å². The van der Waals surface area contributed by atoms with Crippen molar-refractivity contribution in [2.75, 3.05) is 6.54 Å². The van der Waals surface area contributed by atoms with Gasteiger partial charge in [0.05, 0.1) is 0 Å². The Labute approximate surface area is 110 Å². The summed E-state index contributed by atoms with van der Waals surface area (Å²) >= 11 is 0. The number of aromatic nitrogens is 3. The molecule has 1 aromatic rings. The van der Waals surface area contributed by atoms with Crippen LogP contribution in [-0.4, -0.2) is 21.3 Å². The molecule has 102 valence electrons. The molecule has 2 heterocycles. The van der Waals surface area contributed by atoms with E-state index in [1.165, 1.54) is 30.9 Å². The van der Waals surface area contributed by atoms with Crippen molar-refractivity contribution < 1.29 is 0 Å². The van der Waals surface area contributed by atoms with E-state index in [4.69, 9.17) is 5.73 Å². The fraction of sp³-hybridized carbons (Fsp3) is 0.857. The predicted molar refractivity (Wildman–Crippen MR) is 73.3 cm³/mol. The second-order valence-corrected chi connectivity index (χ2v) is 5.67. The Hall–Kier alpha value is -0.900. The summed E-state index contributed by atoms with van der Waals surface area (Å²) in [4.78, 5) is 0.